The summed E-state index contributed by atoms with van der Waals surface area (Å²) < 4.78 is 11.0. The molecule has 160 valence electrons. The van der Waals surface area contributed by atoms with E-state index in [1.807, 2.05) is 36.5 Å². The van der Waals surface area contributed by atoms with Crippen LogP contribution in [-0.2, 0) is 4.74 Å². The van der Waals surface area contributed by atoms with Crippen molar-refractivity contribution in [3.05, 3.63) is 58.5 Å². The van der Waals surface area contributed by atoms with Crippen molar-refractivity contribution in [2.75, 3.05) is 49.4 Å². The predicted molar refractivity (Wildman–Crippen MR) is 126 cm³/mol. The van der Waals surface area contributed by atoms with Crippen LogP contribution in [-0.4, -0.2) is 50.4 Å². The molecule has 31 heavy (non-hydrogen) atoms. The van der Waals surface area contributed by atoms with Gasteiger partial charge in [-0.3, -0.25) is 0 Å². The number of benzene rings is 1. The van der Waals surface area contributed by atoms with Crippen LogP contribution in [0.1, 0.15) is 5.56 Å². The molecule has 9 heteroatoms. The third kappa shape index (κ3) is 4.06. The highest BCUT2D eigenvalue weighted by Gasteiger charge is 2.30. The Morgan fingerprint density at radius 3 is 2.94 bits per heavy atom. The molecule has 1 saturated heterocycles. The highest BCUT2D eigenvalue weighted by atomic mass is 32.2. The summed E-state index contributed by atoms with van der Waals surface area (Å²) in [6.07, 6.45) is 1.89. The Morgan fingerprint density at radius 2 is 2.13 bits per heavy atom. The molecule has 3 aliphatic heterocycles. The van der Waals surface area contributed by atoms with Crippen LogP contribution in [0.2, 0.25) is 0 Å². The lowest BCUT2D eigenvalue weighted by Crippen LogP contribution is -2.41. The van der Waals surface area contributed by atoms with Gasteiger partial charge in [0.25, 0.3) is 0 Å². The molecule has 1 aromatic carbocycles. The number of rotatable bonds is 4. The second kappa shape index (κ2) is 8.52. The van der Waals surface area contributed by atoms with E-state index in [-0.39, 0.29) is 6.04 Å². The van der Waals surface area contributed by atoms with Crippen molar-refractivity contribution in [1.29, 1.82) is 0 Å². The number of guanidine groups is 1. The van der Waals surface area contributed by atoms with Gasteiger partial charge in [-0.1, -0.05) is 23.9 Å². The quantitative estimate of drug-likeness (QED) is 0.630. The summed E-state index contributed by atoms with van der Waals surface area (Å²) >= 11 is 1.68. The van der Waals surface area contributed by atoms with Gasteiger partial charge in [0.15, 0.2) is 0 Å². The smallest absolute Gasteiger partial charge is 0.239 e. The Bertz CT molecular complexity index is 1080. The number of hydrogen-bond donors (Lipinski definition) is 3. The van der Waals surface area contributed by atoms with E-state index >= 15 is 0 Å². The number of aromatic nitrogens is 1. The van der Waals surface area contributed by atoms with Crippen molar-refractivity contribution in [2.24, 2.45) is 4.99 Å². The molecule has 0 radical (unpaired) electrons. The summed E-state index contributed by atoms with van der Waals surface area (Å²) in [6, 6.07) is 11.9. The van der Waals surface area contributed by atoms with Gasteiger partial charge in [0.2, 0.25) is 11.8 Å². The van der Waals surface area contributed by atoms with E-state index in [4.69, 9.17) is 15.2 Å². The number of methoxy groups -OCH3 is 1. The van der Waals surface area contributed by atoms with Crippen molar-refractivity contribution in [3.63, 3.8) is 0 Å². The maximum Gasteiger partial charge on any atom is 0.239 e. The Kier molecular flexibility index (Phi) is 5.44. The fourth-order valence-corrected chi connectivity index (χ4v) is 4.75. The number of hydrogen-bond acceptors (Lipinski definition) is 9. The van der Waals surface area contributed by atoms with E-state index in [1.54, 1.807) is 18.9 Å². The highest BCUT2D eigenvalue weighted by Crippen LogP contribution is 2.41. The Balaban J connectivity index is 1.33. The maximum absolute atomic E-state index is 5.99. The number of aliphatic imine (C=N–C) groups is 1. The Morgan fingerprint density at radius 1 is 1.26 bits per heavy atom. The van der Waals surface area contributed by atoms with Gasteiger partial charge < -0.3 is 30.7 Å². The fraction of sp³-hybridized carbons (Fsp3) is 0.273. The molecular weight excluding hydrogens is 412 g/mol. The molecule has 1 atom stereocenters. The van der Waals surface area contributed by atoms with E-state index in [2.05, 4.69) is 37.0 Å². The van der Waals surface area contributed by atoms with Crippen molar-refractivity contribution in [1.82, 2.24) is 10.3 Å². The monoisotopic (exact) mass is 436 g/mol. The zero-order valence-electron chi connectivity index (χ0n) is 17.2. The van der Waals surface area contributed by atoms with Crippen LogP contribution >= 0.6 is 11.8 Å². The standard InChI is InChI=1S/C22H24N6O2S/c1-29-21-17(5-6-19(26-21)28-7-9-30-10-8-28)25-22-24-12-18-20(27-22)16(13-31-18)14-3-2-4-15(23)11-14/h2-6,11-13,20H,7-10,23H2,1H3,(H2,24,25,27). The van der Waals surface area contributed by atoms with E-state index in [0.29, 0.717) is 25.1 Å². The molecule has 0 saturated carbocycles. The molecule has 0 amide bonds. The number of anilines is 3. The van der Waals surface area contributed by atoms with Gasteiger partial charge in [-0.25, -0.2) is 4.99 Å². The molecule has 4 heterocycles. The lowest BCUT2D eigenvalue weighted by Gasteiger charge is -2.28. The molecule has 5 rings (SSSR count). The molecule has 2 aromatic rings. The topological polar surface area (TPSA) is 97.0 Å². The Labute approximate surface area is 185 Å². The number of pyridine rings is 1. The second-order valence-corrected chi connectivity index (χ2v) is 8.30. The van der Waals surface area contributed by atoms with Crippen molar-refractivity contribution in [2.45, 2.75) is 6.04 Å². The summed E-state index contributed by atoms with van der Waals surface area (Å²) in [5.74, 6) is 2.05. The summed E-state index contributed by atoms with van der Waals surface area (Å²) in [5.41, 5.74) is 9.76. The number of ether oxygens (including phenoxy) is 2. The van der Waals surface area contributed by atoms with Crippen LogP contribution in [0.3, 0.4) is 0 Å². The van der Waals surface area contributed by atoms with Crippen LogP contribution < -0.4 is 26.0 Å². The van der Waals surface area contributed by atoms with Gasteiger partial charge >= 0.3 is 0 Å². The van der Waals surface area contributed by atoms with Crippen LogP contribution in [0.4, 0.5) is 17.2 Å². The number of nitrogens with two attached hydrogens (primary N) is 1. The largest absolute Gasteiger partial charge is 0.479 e. The van der Waals surface area contributed by atoms with Gasteiger partial charge in [-0.15, -0.1) is 0 Å². The molecular formula is C22H24N6O2S. The van der Waals surface area contributed by atoms with Crippen LogP contribution in [0, 0.1) is 0 Å². The third-order valence-electron chi connectivity index (χ3n) is 5.37. The normalized spacial score (nSPS) is 20.2. The van der Waals surface area contributed by atoms with Gasteiger partial charge in [-0.2, -0.15) is 4.98 Å². The van der Waals surface area contributed by atoms with E-state index in [0.717, 1.165) is 40.8 Å². The van der Waals surface area contributed by atoms with E-state index in [9.17, 15) is 0 Å². The minimum absolute atomic E-state index is 0.0263. The average Bonchev–Trinajstić information content (AvgIpc) is 3.23. The number of fused-ring (bicyclic) bond motifs is 1. The van der Waals surface area contributed by atoms with Crippen molar-refractivity contribution < 1.29 is 9.47 Å². The molecule has 0 bridgehead atoms. The first kappa shape index (κ1) is 19.8. The van der Waals surface area contributed by atoms with Crippen molar-refractivity contribution in [3.8, 4) is 5.88 Å². The lowest BCUT2D eigenvalue weighted by molar-refractivity contribution is 0.122. The molecule has 1 fully saturated rings. The summed E-state index contributed by atoms with van der Waals surface area (Å²) in [7, 11) is 1.62. The summed E-state index contributed by atoms with van der Waals surface area (Å²) in [4.78, 5) is 12.6. The summed E-state index contributed by atoms with van der Waals surface area (Å²) in [5, 5.41) is 8.97. The fourth-order valence-electron chi connectivity index (χ4n) is 3.78. The molecule has 8 nitrogen and oxygen atoms in total. The van der Waals surface area contributed by atoms with Gasteiger partial charge in [-0.05, 0) is 40.8 Å². The number of nitrogens with zero attached hydrogens (tertiary/aromatic N) is 3. The van der Waals surface area contributed by atoms with Crippen LogP contribution in [0.15, 0.2) is 57.9 Å². The lowest BCUT2D eigenvalue weighted by atomic mass is 9.99. The van der Waals surface area contributed by atoms with Crippen LogP contribution in [0.5, 0.6) is 5.88 Å². The number of nitrogen functional groups attached to an aromatic ring is 1. The minimum Gasteiger partial charge on any atom is -0.479 e. The first-order valence-corrected chi connectivity index (χ1v) is 11.0. The first-order valence-electron chi connectivity index (χ1n) is 10.1. The third-order valence-corrected chi connectivity index (χ3v) is 6.35. The molecule has 0 spiro atoms. The number of nitrogens with one attached hydrogen (secondary N) is 2. The minimum atomic E-state index is 0.0263. The maximum atomic E-state index is 5.99. The van der Waals surface area contributed by atoms with Gasteiger partial charge in [0.1, 0.15) is 11.5 Å². The van der Waals surface area contributed by atoms with Gasteiger partial charge in [0.05, 0.1) is 26.4 Å². The van der Waals surface area contributed by atoms with Gasteiger partial charge in [0, 0.05) is 29.9 Å². The summed E-state index contributed by atoms with van der Waals surface area (Å²) in [6.45, 7) is 3.07. The van der Waals surface area contributed by atoms with E-state index < -0.39 is 0 Å². The molecule has 3 aliphatic rings. The highest BCUT2D eigenvalue weighted by molar-refractivity contribution is 8.06. The van der Waals surface area contributed by atoms with Crippen molar-refractivity contribution >= 4 is 40.5 Å². The van der Waals surface area contributed by atoms with Crippen LogP contribution in [0.25, 0.3) is 5.57 Å². The number of morpholine rings is 1. The predicted octanol–water partition coefficient (Wildman–Crippen LogP) is 2.88. The molecule has 4 N–H and O–H groups in total. The van der Waals surface area contributed by atoms with E-state index in [1.165, 1.54) is 5.57 Å². The SMILES string of the molecule is COc1nc(N2CCOCC2)ccc1NC1=NC=C2SC=C(c3cccc(N)c3)C2N1. The zero-order chi connectivity index (χ0) is 21.2. The number of thioether (sulfide) groups is 1. The Hall–Kier alpha value is -3.17. The molecule has 0 aliphatic carbocycles. The molecule has 1 aromatic heterocycles. The first-order chi connectivity index (χ1) is 15.2. The zero-order valence-corrected chi connectivity index (χ0v) is 18.0. The average molecular weight is 437 g/mol. The second-order valence-electron chi connectivity index (χ2n) is 7.35. The molecule has 1 unspecified atom stereocenters.